The summed E-state index contributed by atoms with van der Waals surface area (Å²) in [5.41, 5.74) is 1.54. The molecule has 0 bridgehead atoms. The molecule has 3 rings (SSSR count). The number of carbonyl (C=O) groups is 1. The van der Waals surface area contributed by atoms with Crippen LogP contribution in [0.1, 0.15) is 41.4 Å². The van der Waals surface area contributed by atoms with Gasteiger partial charge in [-0.2, -0.15) is 0 Å². The molecule has 2 heterocycles. The second-order valence-corrected chi connectivity index (χ2v) is 7.73. The molecule has 7 heteroatoms. The van der Waals surface area contributed by atoms with Crippen molar-refractivity contribution in [2.45, 2.75) is 46.2 Å². The monoisotopic (exact) mass is 370 g/mol. The van der Waals surface area contributed by atoms with E-state index < -0.39 is 0 Å². The standard InChI is InChI=1S/C19H22N4O2S/c1-12(18-13(2)26-14(3)22-18)21-17(24)9-6-10-23-11-20-16-8-5-4-7-15(16)19(23)25/h4-5,7-8,11-12H,6,9-10H2,1-3H3,(H,21,24)/t12-/m0/s1. The first-order valence-electron chi connectivity index (χ1n) is 8.63. The minimum Gasteiger partial charge on any atom is -0.348 e. The number of amides is 1. The molecule has 0 aliphatic carbocycles. The maximum atomic E-state index is 12.4. The van der Waals surface area contributed by atoms with Gasteiger partial charge in [-0.05, 0) is 39.3 Å². The SMILES string of the molecule is Cc1nc([C@H](C)NC(=O)CCCn2cnc3ccccc3c2=O)c(C)s1. The number of hydrogen-bond acceptors (Lipinski definition) is 5. The van der Waals surface area contributed by atoms with E-state index >= 15 is 0 Å². The summed E-state index contributed by atoms with van der Waals surface area (Å²) in [6.07, 6.45) is 2.48. The molecule has 0 aliphatic heterocycles. The zero-order chi connectivity index (χ0) is 18.7. The largest absolute Gasteiger partial charge is 0.348 e. The molecule has 1 aromatic carbocycles. The number of nitrogens with zero attached hydrogens (tertiary/aromatic N) is 3. The van der Waals surface area contributed by atoms with Crippen LogP contribution in [0.15, 0.2) is 35.4 Å². The summed E-state index contributed by atoms with van der Waals surface area (Å²) in [5, 5.41) is 4.58. The van der Waals surface area contributed by atoms with E-state index in [0.29, 0.717) is 30.3 Å². The summed E-state index contributed by atoms with van der Waals surface area (Å²) in [6.45, 7) is 6.39. The smallest absolute Gasteiger partial charge is 0.261 e. The fourth-order valence-electron chi connectivity index (χ4n) is 3.00. The van der Waals surface area contributed by atoms with Crippen molar-refractivity contribution >= 4 is 28.1 Å². The molecule has 1 atom stereocenters. The van der Waals surface area contributed by atoms with E-state index in [0.717, 1.165) is 15.6 Å². The van der Waals surface area contributed by atoms with Gasteiger partial charge in [0.2, 0.25) is 5.91 Å². The number of thiazole rings is 1. The molecule has 26 heavy (non-hydrogen) atoms. The summed E-state index contributed by atoms with van der Waals surface area (Å²) >= 11 is 1.63. The van der Waals surface area contributed by atoms with E-state index in [2.05, 4.69) is 15.3 Å². The Morgan fingerprint density at radius 3 is 2.81 bits per heavy atom. The highest BCUT2D eigenvalue weighted by molar-refractivity contribution is 7.11. The van der Waals surface area contributed by atoms with Crippen molar-refractivity contribution in [3.8, 4) is 0 Å². The van der Waals surface area contributed by atoms with E-state index in [4.69, 9.17) is 0 Å². The van der Waals surface area contributed by atoms with Crippen LogP contribution >= 0.6 is 11.3 Å². The number of benzene rings is 1. The lowest BCUT2D eigenvalue weighted by atomic mass is 10.2. The molecule has 0 saturated carbocycles. The fraction of sp³-hybridized carbons (Fsp3) is 0.368. The van der Waals surface area contributed by atoms with E-state index in [9.17, 15) is 9.59 Å². The van der Waals surface area contributed by atoms with Crippen LogP contribution in [-0.4, -0.2) is 20.4 Å². The van der Waals surface area contributed by atoms with Gasteiger partial charge in [0, 0.05) is 17.8 Å². The molecular formula is C19H22N4O2S. The van der Waals surface area contributed by atoms with Crippen molar-refractivity contribution in [1.29, 1.82) is 0 Å². The average Bonchev–Trinajstić information content (AvgIpc) is 2.95. The van der Waals surface area contributed by atoms with Crippen molar-refractivity contribution in [1.82, 2.24) is 19.9 Å². The number of nitrogens with one attached hydrogen (secondary N) is 1. The first-order chi connectivity index (χ1) is 12.5. The van der Waals surface area contributed by atoms with E-state index in [1.165, 1.54) is 0 Å². The van der Waals surface area contributed by atoms with Gasteiger partial charge in [0.15, 0.2) is 0 Å². The number of aromatic nitrogens is 3. The Labute approximate surface area is 155 Å². The van der Waals surface area contributed by atoms with Gasteiger partial charge in [0.05, 0.1) is 34.0 Å². The Kier molecular flexibility index (Phi) is 5.46. The molecule has 0 saturated heterocycles. The van der Waals surface area contributed by atoms with Crippen molar-refractivity contribution in [2.24, 2.45) is 0 Å². The first-order valence-corrected chi connectivity index (χ1v) is 9.45. The lowest BCUT2D eigenvalue weighted by molar-refractivity contribution is -0.121. The van der Waals surface area contributed by atoms with Crippen LogP contribution in [0.25, 0.3) is 10.9 Å². The average molecular weight is 370 g/mol. The number of rotatable bonds is 6. The third-order valence-corrected chi connectivity index (χ3v) is 5.16. The van der Waals surface area contributed by atoms with Crippen LogP contribution < -0.4 is 10.9 Å². The van der Waals surface area contributed by atoms with Gasteiger partial charge in [-0.15, -0.1) is 11.3 Å². The van der Waals surface area contributed by atoms with Gasteiger partial charge in [0.1, 0.15) is 0 Å². The van der Waals surface area contributed by atoms with Gasteiger partial charge in [-0.1, -0.05) is 12.1 Å². The summed E-state index contributed by atoms with van der Waals surface area (Å²) in [4.78, 5) is 34.5. The van der Waals surface area contributed by atoms with Crippen LogP contribution in [0.4, 0.5) is 0 Å². The summed E-state index contributed by atoms with van der Waals surface area (Å²) in [7, 11) is 0. The second kappa shape index (κ2) is 7.78. The van der Waals surface area contributed by atoms with Gasteiger partial charge >= 0.3 is 0 Å². The predicted octanol–water partition coefficient (Wildman–Crippen LogP) is 3.13. The molecule has 0 spiro atoms. The Hall–Kier alpha value is -2.54. The van der Waals surface area contributed by atoms with Gasteiger partial charge in [-0.25, -0.2) is 9.97 Å². The maximum absolute atomic E-state index is 12.4. The fourth-order valence-corrected chi connectivity index (χ4v) is 3.92. The van der Waals surface area contributed by atoms with E-state index in [1.807, 2.05) is 39.0 Å². The molecular weight excluding hydrogens is 348 g/mol. The van der Waals surface area contributed by atoms with Gasteiger partial charge in [0.25, 0.3) is 5.56 Å². The quantitative estimate of drug-likeness (QED) is 0.723. The van der Waals surface area contributed by atoms with Crippen molar-refractivity contribution in [2.75, 3.05) is 0 Å². The molecule has 0 fully saturated rings. The molecule has 3 aromatic rings. The number of para-hydroxylation sites is 1. The van der Waals surface area contributed by atoms with E-state index in [1.54, 1.807) is 28.3 Å². The van der Waals surface area contributed by atoms with Crippen molar-refractivity contribution in [3.63, 3.8) is 0 Å². The third-order valence-electron chi connectivity index (χ3n) is 4.26. The second-order valence-electron chi connectivity index (χ2n) is 6.33. The minimum atomic E-state index is -0.113. The molecule has 6 nitrogen and oxygen atoms in total. The molecule has 1 N–H and O–H groups in total. The van der Waals surface area contributed by atoms with Crippen LogP contribution in [-0.2, 0) is 11.3 Å². The highest BCUT2D eigenvalue weighted by atomic mass is 32.1. The number of fused-ring (bicyclic) bond motifs is 1. The number of hydrogen-bond donors (Lipinski definition) is 1. The highest BCUT2D eigenvalue weighted by Crippen LogP contribution is 2.22. The van der Waals surface area contributed by atoms with Crippen LogP contribution in [0, 0.1) is 13.8 Å². The molecule has 2 aromatic heterocycles. The molecule has 1 amide bonds. The zero-order valence-corrected chi connectivity index (χ0v) is 16.0. The summed E-state index contributed by atoms with van der Waals surface area (Å²) in [6, 6.07) is 7.16. The summed E-state index contributed by atoms with van der Waals surface area (Å²) in [5.74, 6) is -0.0376. The number of aryl methyl sites for hydroxylation is 3. The van der Waals surface area contributed by atoms with Crippen molar-refractivity contribution < 1.29 is 4.79 Å². The van der Waals surface area contributed by atoms with E-state index in [-0.39, 0.29) is 17.5 Å². The maximum Gasteiger partial charge on any atom is 0.261 e. The molecule has 0 radical (unpaired) electrons. The lowest BCUT2D eigenvalue weighted by Gasteiger charge is -2.13. The first kappa shape index (κ1) is 18.3. The van der Waals surface area contributed by atoms with Crippen LogP contribution in [0.2, 0.25) is 0 Å². The summed E-state index contributed by atoms with van der Waals surface area (Å²) < 4.78 is 1.56. The zero-order valence-electron chi connectivity index (χ0n) is 15.2. The Bertz CT molecular complexity index is 993. The van der Waals surface area contributed by atoms with Crippen molar-refractivity contribution in [3.05, 3.63) is 56.5 Å². The van der Waals surface area contributed by atoms with Crippen LogP contribution in [0.5, 0.6) is 0 Å². The third kappa shape index (κ3) is 3.99. The van der Waals surface area contributed by atoms with Gasteiger partial charge < -0.3 is 5.32 Å². The Morgan fingerprint density at radius 2 is 2.08 bits per heavy atom. The molecule has 0 unspecified atom stereocenters. The topological polar surface area (TPSA) is 76.9 Å². The van der Waals surface area contributed by atoms with Crippen LogP contribution in [0.3, 0.4) is 0 Å². The Morgan fingerprint density at radius 1 is 1.31 bits per heavy atom. The predicted molar refractivity (Wildman–Crippen MR) is 103 cm³/mol. The lowest BCUT2D eigenvalue weighted by Crippen LogP contribution is -2.28. The normalized spacial score (nSPS) is 12.3. The number of carbonyl (C=O) groups excluding carboxylic acids is 1. The van der Waals surface area contributed by atoms with Gasteiger partial charge in [-0.3, -0.25) is 14.2 Å². The molecule has 0 aliphatic rings. The molecule has 136 valence electrons. The minimum absolute atomic E-state index is 0.0376. The Balaban J connectivity index is 1.56. The highest BCUT2D eigenvalue weighted by Gasteiger charge is 2.15.